The molecule has 0 unspecified atom stereocenters. The van der Waals surface area contributed by atoms with Crippen molar-refractivity contribution in [3.05, 3.63) is 52.6 Å². The number of nitrogens with zero attached hydrogens (tertiary/aromatic N) is 4. The van der Waals surface area contributed by atoms with E-state index in [0.29, 0.717) is 11.2 Å². The van der Waals surface area contributed by atoms with E-state index in [1.165, 1.54) is 0 Å². The summed E-state index contributed by atoms with van der Waals surface area (Å²) in [7, 11) is 0. The molecule has 5 heteroatoms. The zero-order chi connectivity index (χ0) is 16.6. The summed E-state index contributed by atoms with van der Waals surface area (Å²) in [4.78, 5) is 26.3. The van der Waals surface area contributed by atoms with Crippen LogP contribution in [0.5, 0.6) is 0 Å². The third kappa shape index (κ3) is 2.63. The molecule has 0 bridgehead atoms. The van der Waals surface area contributed by atoms with Crippen LogP contribution >= 0.6 is 0 Å². The molecular weight excluding hydrogens is 288 g/mol. The Labute approximate surface area is 135 Å². The molecule has 0 amide bonds. The highest BCUT2D eigenvalue weighted by atomic mass is 16.1. The maximum Gasteiger partial charge on any atom is 0.262 e. The van der Waals surface area contributed by atoms with Crippen molar-refractivity contribution in [2.24, 2.45) is 0 Å². The van der Waals surface area contributed by atoms with Crippen LogP contribution in [0.25, 0.3) is 22.0 Å². The van der Waals surface area contributed by atoms with Crippen LogP contribution in [0.4, 0.5) is 0 Å². The lowest BCUT2D eigenvalue weighted by Gasteiger charge is -2.17. The van der Waals surface area contributed by atoms with Crippen molar-refractivity contribution in [2.75, 3.05) is 0 Å². The van der Waals surface area contributed by atoms with Crippen LogP contribution in [-0.2, 0) is 6.42 Å². The molecule has 2 heterocycles. The molecule has 0 radical (unpaired) electrons. The monoisotopic (exact) mass is 308 g/mol. The van der Waals surface area contributed by atoms with Crippen LogP contribution in [0.2, 0.25) is 0 Å². The zero-order valence-corrected chi connectivity index (χ0v) is 13.9. The summed E-state index contributed by atoms with van der Waals surface area (Å²) in [5.74, 6) is 1.52. The minimum atomic E-state index is -0.00183. The van der Waals surface area contributed by atoms with Crippen LogP contribution in [0, 0.1) is 6.92 Å². The van der Waals surface area contributed by atoms with Crippen molar-refractivity contribution in [1.29, 1.82) is 0 Å². The molecule has 3 aromatic rings. The summed E-state index contributed by atoms with van der Waals surface area (Å²) in [5, 5.41) is 0.630. The Bertz CT molecular complexity index is 911. The van der Waals surface area contributed by atoms with Gasteiger partial charge in [0.05, 0.1) is 10.9 Å². The molecule has 5 nitrogen and oxygen atoms in total. The fourth-order valence-electron chi connectivity index (χ4n) is 2.84. The van der Waals surface area contributed by atoms with Crippen LogP contribution in [0.15, 0.2) is 35.4 Å². The van der Waals surface area contributed by atoms with Crippen molar-refractivity contribution in [3.8, 4) is 11.1 Å². The van der Waals surface area contributed by atoms with Gasteiger partial charge in [-0.25, -0.2) is 15.0 Å². The van der Waals surface area contributed by atoms with Crippen LogP contribution < -0.4 is 5.56 Å². The maximum atomic E-state index is 13.1. The number of fused-ring (bicyclic) bond motifs is 1. The molecule has 0 aliphatic heterocycles. The molecule has 118 valence electrons. The smallest absolute Gasteiger partial charge is 0.262 e. The van der Waals surface area contributed by atoms with Gasteiger partial charge in [0.25, 0.3) is 5.56 Å². The van der Waals surface area contributed by atoms with E-state index in [1.807, 2.05) is 45.9 Å². The molecule has 3 rings (SSSR count). The Kier molecular flexibility index (Phi) is 3.94. The van der Waals surface area contributed by atoms with Crippen LogP contribution in [0.1, 0.15) is 38.5 Å². The Balaban J connectivity index is 2.39. The van der Waals surface area contributed by atoms with E-state index < -0.39 is 0 Å². The van der Waals surface area contributed by atoms with Gasteiger partial charge in [0.1, 0.15) is 11.6 Å². The summed E-state index contributed by atoms with van der Waals surface area (Å²) in [5.41, 5.74) is 2.39. The summed E-state index contributed by atoms with van der Waals surface area (Å²) in [6, 6.07) is 5.80. The average molecular weight is 308 g/mol. The van der Waals surface area contributed by atoms with E-state index in [-0.39, 0.29) is 11.6 Å². The first-order valence-electron chi connectivity index (χ1n) is 7.86. The summed E-state index contributed by atoms with van der Waals surface area (Å²) in [6.45, 7) is 7.87. The molecule has 23 heavy (non-hydrogen) atoms. The van der Waals surface area contributed by atoms with Crippen molar-refractivity contribution < 1.29 is 0 Å². The van der Waals surface area contributed by atoms with Gasteiger partial charge in [-0.2, -0.15) is 0 Å². The Morgan fingerprint density at radius 2 is 1.87 bits per heavy atom. The Morgan fingerprint density at radius 1 is 1.17 bits per heavy atom. The Hall–Kier alpha value is -2.56. The summed E-state index contributed by atoms with van der Waals surface area (Å²) in [6.07, 6.45) is 4.23. The minimum absolute atomic E-state index is 0.00183. The third-order valence-electron chi connectivity index (χ3n) is 3.93. The fraction of sp³-hybridized carbons (Fsp3) is 0.333. The molecule has 0 fully saturated rings. The highest BCUT2D eigenvalue weighted by Gasteiger charge is 2.16. The van der Waals surface area contributed by atoms with Crippen molar-refractivity contribution in [1.82, 2.24) is 19.5 Å². The van der Waals surface area contributed by atoms with E-state index in [1.54, 1.807) is 17.0 Å². The molecule has 0 atom stereocenters. The fourth-order valence-corrected chi connectivity index (χ4v) is 2.84. The predicted octanol–water partition coefficient (Wildman–Crippen LogP) is 3.31. The molecule has 0 aliphatic rings. The number of hydrogen-bond donors (Lipinski definition) is 0. The van der Waals surface area contributed by atoms with Gasteiger partial charge in [0.15, 0.2) is 0 Å². The van der Waals surface area contributed by atoms with Gasteiger partial charge >= 0.3 is 0 Å². The average Bonchev–Trinajstić information content (AvgIpc) is 2.54. The molecule has 0 saturated carbocycles. The van der Waals surface area contributed by atoms with E-state index in [4.69, 9.17) is 4.98 Å². The summed E-state index contributed by atoms with van der Waals surface area (Å²) >= 11 is 0. The number of rotatable bonds is 3. The minimum Gasteiger partial charge on any atom is -0.294 e. The molecule has 0 saturated heterocycles. The van der Waals surface area contributed by atoms with Gasteiger partial charge in [-0.05, 0) is 32.4 Å². The van der Waals surface area contributed by atoms with Gasteiger partial charge < -0.3 is 0 Å². The largest absolute Gasteiger partial charge is 0.294 e. The van der Waals surface area contributed by atoms with E-state index in [2.05, 4.69) is 9.97 Å². The SMILES string of the molecule is CCc1nc2cccc(-c3cnc(C)nc3)c2c(=O)n1C(C)C. The summed E-state index contributed by atoms with van der Waals surface area (Å²) < 4.78 is 1.78. The number of aromatic nitrogens is 4. The van der Waals surface area contributed by atoms with Crippen molar-refractivity contribution in [2.45, 2.75) is 40.2 Å². The lowest BCUT2D eigenvalue weighted by Crippen LogP contribution is -2.27. The van der Waals surface area contributed by atoms with E-state index in [9.17, 15) is 4.79 Å². The standard InChI is InChI=1S/C18H20N4O/c1-5-16-21-15-8-6-7-14(13-9-19-12(4)20-10-13)17(15)18(23)22(16)11(2)3/h6-11H,5H2,1-4H3. The molecule has 0 aliphatic carbocycles. The molecular formula is C18H20N4O. The number of benzene rings is 1. The highest BCUT2D eigenvalue weighted by Crippen LogP contribution is 2.25. The predicted molar refractivity (Wildman–Crippen MR) is 91.5 cm³/mol. The van der Waals surface area contributed by atoms with Crippen molar-refractivity contribution in [3.63, 3.8) is 0 Å². The van der Waals surface area contributed by atoms with Gasteiger partial charge in [-0.15, -0.1) is 0 Å². The van der Waals surface area contributed by atoms with Crippen LogP contribution in [-0.4, -0.2) is 19.5 Å². The first-order chi connectivity index (χ1) is 11.0. The maximum absolute atomic E-state index is 13.1. The lowest BCUT2D eigenvalue weighted by molar-refractivity contribution is 0.544. The lowest BCUT2D eigenvalue weighted by atomic mass is 10.0. The quantitative estimate of drug-likeness (QED) is 0.745. The first-order valence-corrected chi connectivity index (χ1v) is 7.86. The van der Waals surface area contributed by atoms with Gasteiger partial charge in [-0.1, -0.05) is 19.1 Å². The van der Waals surface area contributed by atoms with Crippen LogP contribution in [0.3, 0.4) is 0 Å². The topological polar surface area (TPSA) is 60.7 Å². The zero-order valence-electron chi connectivity index (χ0n) is 13.9. The van der Waals surface area contributed by atoms with Gasteiger partial charge in [-0.3, -0.25) is 9.36 Å². The van der Waals surface area contributed by atoms with Crippen molar-refractivity contribution >= 4 is 10.9 Å². The molecule has 0 N–H and O–H groups in total. The number of aryl methyl sites for hydroxylation is 2. The Morgan fingerprint density at radius 3 is 2.48 bits per heavy atom. The normalized spacial score (nSPS) is 11.3. The van der Waals surface area contributed by atoms with Gasteiger partial charge in [0.2, 0.25) is 0 Å². The molecule has 2 aromatic heterocycles. The van der Waals surface area contributed by atoms with E-state index >= 15 is 0 Å². The second-order valence-corrected chi connectivity index (χ2v) is 5.87. The van der Waals surface area contributed by atoms with Gasteiger partial charge in [0, 0.05) is 30.4 Å². The molecule has 1 aromatic carbocycles. The highest BCUT2D eigenvalue weighted by molar-refractivity contribution is 5.93. The second kappa shape index (κ2) is 5.91. The first kappa shape index (κ1) is 15.3. The number of hydrogen-bond acceptors (Lipinski definition) is 4. The second-order valence-electron chi connectivity index (χ2n) is 5.87. The third-order valence-corrected chi connectivity index (χ3v) is 3.93. The molecule has 0 spiro atoms. The van der Waals surface area contributed by atoms with E-state index in [0.717, 1.165) is 28.9 Å².